The highest BCUT2D eigenvalue weighted by atomic mass is 15.7. The first kappa shape index (κ1) is 16.4. The molecule has 2 N–H and O–H groups in total. The van der Waals surface area contributed by atoms with Gasteiger partial charge in [-0.05, 0) is 18.4 Å². The van der Waals surface area contributed by atoms with Crippen LogP contribution in [0.5, 0.6) is 0 Å². The van der Waals surface area contributed by atoms with Gasteiger partial charge in [0.25, 0.3) is 0 Å². The monoisotopic (exact) mass is 257 g/mol. The highest BCUT2D eigenvalue weighted by Crippen LogP contribution is 1.94. The third kappa shape index (κ3) is 10.9. The van der Waals surface area contributed by atoms with E-state index < -0.39 is 0 Å². The van der Waals surface area contributed by atoms with Crippen molar-refractivity contribution in [1.29, 1.82) is 0 Å². The lowest BCUT2D eigenvalue weighted by Gasteiger charge is -2.15. The van der Waals surface area contributed by atoms with Gasteiger partial charge in [0.05, 0.1) is 0 Å². The lowest BCUT2D eigenvalue weighted by Crippen LogP contribution is -2.29. The van der Waals surface area contributed by atoms with Crippen LogP contribution in [0.15, 0.2) is 15.6 Å². The normalized spacial score (nSPS) is 10.7. The molecule has 0 saturated heterocycles. The van der Waals surface area contributed by atoms with Gasteiger partial charge in [0.1, 0.15) is 0 Å². The minimum Gasteiger partial charge on any atom is -0.280 e. The van der Waals surface area contributed by atoms with E-state index in [0.29, 0.717) is 13.1 Å². The van der Waals surface area contributed by atoms with E-state index in [9.17, 15) is 0 Å². The summed E-state index contributed by atoms with van der Waals surface area (Å²) in [6.45, 7) is 2.82. The first-order valence-corrected chi connectivity index (χ1v) is 5.86. The number of rotatable bonds is 10. The van der Waals surface area contributed by atoms with Crippen molar-refractivity contribution in [1.82, 2.24) is 15.0 Å². The number of azide groups is 1. The number of nitrogens with zero attached hydrogens (tertiary/aromatic N) is 8. The van der Waals surface area contributed by atoms with Gasteiger partial charge in [-0.25, -0.2) is 0 Å². The fourth-order valence-corrected chi connectivity index (χ4v) is 1.19. The van der Waals surface area contributed by atoms with Gasteiger partial charge in [-0.3, -0.25) is 20.9 Å². The van der Waals surface area contributed by atoms with Gasteiger partial charge in [-0.1, -0.05) is 15.6 Å². The molecule has 0 fully saturated rings. The van der Waals surface area contributed by atoms with Gasteiger partial charge in [-0.2, -0.15) is 0 Å². The van der Waals surface area contributed by atoms with Crippen LogP contribution in [0.4, 0.5) is 0 Å². The molecular formula is C9H23N9. The van der Waals surface area contributed by atoms with Gasteiger partial charge in [0.2, 0.25) is 0 Å². The summed E-state index contributed by atoms with van der Waals surface area (Å²) >= 11 is 0. The molecule has 18 heavy (non-hydrogen) atoms. The summed E-state index contributed by atoms with van der Waals surface area (Å²) < 4.78 is 0. The summed E-state index contributed by atoms with van der Waals surface area (Å²) in [5.74, 6) is 5.50. The lowest BCUT2D eigenvalue weighted by atomic mass is 10.4. The Labute approximate surface area is 108 Å². The quantitative estimate of drug-likeness (QED) is 0.157. The highest BCUT2D eigenvalue weighted by Gasteiger charge is 1.97. The van der Waals surface area contributed by atoms with Gasteiger partial charge in [-0.15, -0.1) is 0 Å². The summed E-state index contributed by atoms with van der Waals surface area (Å²) in [5, 5.41) is 16.7. The fourth-order valence-electron chi connectivity index (χ4n) is 1.19. The zero-order valence-corrected chi connectivity index (χ0v) is 11.4. The Balaban J connectivity index is 3.66. The zero-order chi connectivity index (χ0) is 13.8. The molecule has 0 aliphatic heterocycles. The molecule has 0 bridgehead atoms. The molecule has 0 unspecified atom stereocenters. The van der Waals surface area contributed by atoms with E-state index >= 15 is 0 Å². The first-order chi connectivity index (χ1) is 8.56. The summed E-state index contributed by atoms with van der Waals surface area (Å²) in [6, 6.07) is 0. The molecule has 9 heteroatoms. The van der Waals surface area contributed by atoms with Crippen LogP contribution in [-0.2, 0) is 0 Å². The van der Waals surface area contributed by atoms with Crippen LogP contribution < -0.4 is 5.84 Å². The molecule has 0 atom stereocenters. The van der Waals surface area contributed by atoms with Crippen LogP contribution in [0.2, 0.25) is 0 Å². The second-order valence-electron chi connectivity index (χ2n) is 4.08. The van der Waals surface area contributed by atoms with Gasteiger partial charge >= 0.3 is 0 Å². The summed E-state index contributed by atoms with van der Waals surface area (Å²) in [6.07, 6.45) is 1.70. The zero-order valence-electron chi connectivity index (χ0n) is 11.4. The Kier molecular flexibility index (Phi) is 9.65. The van der Waals surface area contributed by atoms with E-state index in [2.05, 4.69) is 20.5 Å². The largest absolute Gasteiger partial charge is 0.280 e. The topological polar surface area (TPSA) is 109 Å². The van der Waals surface area contributed by atoms with Crippen molar-refractivity contribution in [2.24, 2.45) is 21.4 Å². The average Bonchev–Trinajstić information content (AvgIpc) is 2.31. The van der Waals surface area contributed by atoms with Gasteiger partial charge in [0, 0.05) is 52.2 Å². The smallest absolute Gasteiger partial charge is 0.0387 e. The molecule has 0 aliphatic carbocycles. The Morgan fingerprint density at radius 2 is 1.56 bits per heavy atom. The standard InChI is InChI=1S/C9H23N9/c1-16(11)7-5-9-18(3)15-14-17(2)8-4-6-12-13-10/h4-9,11H2,1-3H3. The van der Waals surface area contributed by atoms with Crippen molar-refractivity contribution < 1.29 is 0 Å². The maximum absolute atomic E-state index is 8.11. The molecule has 0 aromatic rings. The average molecular weight is 257 g/mol. The third-order valence-corrected chi connectivity index (χ3v) is 2.14. The summed E-state index contributed by atoms with van der Waals surface area (Å²) in [5.41, 5.74) is 8.11. The second kappa shape index (κ2) is 10.6. The molecule has 0 aliphatic rings. The molecule has 9 nitrogen and oxygen atoms in total. The van der Waals surface area contributed by atoms with Crippen LogP contribution in [-0.4, -0.2) is 62.3 Å². The molecule has 0 amide bonds. The Morgan fingerprint density at radius 3 is 2.06 bits per heavy atom. The summed E-state index contributed by atoms with van der Waals surface area (Å²) in [4.78, 5) is 2.68. The molecular weight excluding hydrogens is 234 g/mol. The number of hydrogen-bond donors (Lipinski definition) is 1. The van der Waals surface area contributed by atoms with Crippen molar-refractivity contribution in [2.45, 2.75) is 12.8 Å². The van der Waals surface area contributed by atoms with Crippen molar-refractivity contribution in [3.63, 3.8) is 0 Å². The van der Waals surface area contributed by atoms with Crippen molar-refractivity contribution in [3.05, 3.63) is 10.4 Å². The second-order valence-corrected chi connectivity index (χ2v) is 4.08. The van der Waals surface area contributed by atoms with E-state index in [1.807, 2.05) is 21.1 Å². The Morgan fingerprint density at radius 1 is 1.00 bits per heavy atom. The van der Waals surface area contributed by atoms with Crippen molar-refractivity contribution in [2.75, 3.05) is 47.3 Å². The van der Waals surface area contributed by atoms with E-state index in [0.717, 1.165) is 25.9 Å². The van der Waals surface area contributed by atoms with Crippen LogP contribution >= 0.6 is 0 Å². The van der Waals surface area contributed by atoms with E-state index in [1.54, 1.807) is 15.0 Å². The van der Waals surface area contributed by atoms with Gasteiger partial charge in [0.15, 0.2) is 0 Å². The van der Waals surface area contributed by atoms with Crippen LogP contribution in [0.1, 0.15) is 12.8 Å². The number of nitrogens with two attached hydrogens (primary N) is 1. The maximum atomic E-state index is 8.11. The maximum Gasteiger partial charge on any atom is 0.0387 e. The van der Waals surface area contributed by atoms with E-state index in [1.165, 1.54) is 0 Å². The minimum absolute atomic E-state index is 0.481. The number of hydrazine groups is 1. The number of hydrogen-bond acceptors (Lipinski definition) is 5. The molecule has 0 heterocycles. The highest BCUT2D eigenvalue weighted by molar-refractivity contribution is 4.50. The molecule has 0 aromatic carbocycles. The molecule has 0 rings (SSSR count). The Hall–Kier alpha value is -1.57. The van der Waals surface area contributed by atoms with Gasteiger partial charge < -0.3 is 0 Å². The van der Waals surface area contributed by atoms with Crippen molar-refractivity contribution >= 4 is 0 Å². The predicted octanol–water partition coefficient (Wildman–Crippen LogP) is 1.03. The third-order valence-electron chi connectivity index (χ3n) is 2.14. The fraction of sp³-hybridized carbons (Fsp3) is 1.00. The molecule has 0 spiro atoms. The summed E-state index contributed by atoms with van der Waals surface area (Å²) in [7, 11) is 5.54. The van der Waals surface area contributed by atoms with Crippen LogP contribution in [0.3, 0.4) is 0 Å². The first-order valence-electron chi connectivity index (χ1n) is 5.86. The van der Waals surface area contributed by atoms with Crippen LogP contribution in [0.25, 0.3) is 10.4 Å². The van der Waals surface area contributed by atoms with Crippen LogP contribution in [0, 0.1) is 0 Å². The molecule has 0 aromatic heterocycles. The predicted molar refractivity (Wildman–Crippen MR) is 70.2 cm³/mol. The van der Waals surface area contributed by atoms with Crippen molar-refractivity contribution in [3.8, 4) is 0 Å². The molecule has 104 valence electrons. The Bertz CT molecular complexity index is 271. The molecule has 0 saturated carbocycles. The minimum atomic E-state index is 0.481. The van der Waals surface area contributed by atoms with E-state index in [-0.39, 0.29) is 0 Å². The molecule has 0 radical (unpaired) electrons. The lowest BCUT2D eigenvalue weighted by molar-refractivity contribution is 0.235. The SMILES string of the molecule is CN(N)CCCN(C)N=NN(C)CCCN=[N+]=[N-]. The van der Waals surface area contributed by atoms with E-state index in [4.69, 9.17) is 11.4 Å².